The second kappa shape index (κ2) is 14.8. The van der Waals surface area contributed by atoms with Crippen LogP contribution in [0.15, 0.2) is 0 Å². The van der Waals surface area contributed by atoms with Gasteiger partial charge in [0.15, 0.2) is 0 Å². The quantitative estimate of drug-likeness (QED) is 0.0695. The lowest BCUT2D eigenvalue weighted by Gasteiger charge is -2.26. The van der Waals surface area contributed by atoms with Crippen LogP contribution in [0.25, 0.3) is 0 Å². The zero-order valence-electron chi connectivity index (χ0n) is 20.0. The van der Waals surface area contributed by atoms with Gasteiger partial charge in [-0.15, -0.1) is 0 Å². The second-order valence-electron chi connectivity index (χ2n) is 6.28. The van der Waals surface area contributed by atoms with Crippen LogP contribution in [0, 0.1) is 91.0 Å². The van der Waals surface area contributed by atoms with E-state index in [1.807, 2.05) is 0 Å². The average Bonchev–Trinajstić information content (AvgIpc) is 2.83. The van der Waals surface area contributed by atoms with Crippen molar-refractivity contribution in [3.05, 3.63) is 91.0 Å². The molecule has 0 bridgehead atoms. The van der Waals surface area contributed by atoms with Crippen molar-refractivity contribution in [2.45, 2.75) is 32.6 Å². The minimum atomic E-state index is -2.61. The monoisotopic (exact) mass is 626 g/mol. The molecule has 0 amide bonds. The largest absolute Gasteiger partial charge is 0.365 e. The Morgan fingerprint density at radius 1 is 0.429 bits per heavy atom. The van der Waals surface area contributed by atoms with Crippen LogP contribution >= 0.6 is 0 Å². The number of hydrogen-bond acceptors (Lipinski definition) is 19. The van der Waals surface area contributed by atoms with Crippen molar-refractivity contribution in [2.75, 3.05) is 6.54 Å². The molecule has 0 spiro atoms. The maximum absolute atomic E-state index is 11.7. The first-order valence-corrected chi connectivity index (χ1v) is 9.77. The van der Waals surface area contributed by atoms with Crippen molar-refractivity contribution in [3.8, 4) is 0 Å². The van der Waals surface area contributed by atoms with Crippen LogP contribution in [0.4, 0.5) is 0 Å². The zero-order valence-corrected chi connectivity index (χ0v) is 20.0. The smallest absolute Gasteiger partial charge is 0.232 e. The molecule has 0 unspecified atom stereocenters. The Morgan fingerprint density at radius 3 is 1.05 bits per heavy atom. The predicted octanol–water partition coefficient (Wildman–Crippen LogP) is -3.38. The Hall–Kier alpha value is -7.04. The van der Waals surface area contributed by atoms with Crippen LogP contribution in [0.5, 0.6) is 0 Å². The third kappa shape index (κ3) is 8.23. The average molecular weight is 626 g/mol. The summed E-state index contributed by atoms with van der Waals surface area (Å²) in [6.07, 6.45) is 1.34. The van der Waals surface area contributed by atoms with Gasteiger partial charge in [0.05, 0.1) is 0 Å². The highest BCUT2D eigenvalue weighted by atomic mass is 16.9. The lowest BCUT2D eigenvalue weighted by Crippen LogP contribution is -2.77. The van der Waals surface area contributed by atoms with Crippen molar-refractivity contribution in [2.24, 2.45) is 0 Å². The zero-order chi connectivity index (χ0) is 33.1. The number of nitro groups is 9. The van der Waals surface area contributed by atoms with E-state index in [4.69, 9.17) is 0 Å². The molecule has 0 saturated carbocycles. The normalized spacial score (nSPS) is 9.93. The topological polar surface area (TPSA) is 426 Å². The highest BCUT2D eigenvalue weighted by molar-refractivity contribution is 4.42. The first-order valence-electron chi connectivity index (χ1n) is 9.77. The molecular weight excluding hydrogens is 612 g/mol. The van der Waals surface area contributed by atoms with E-state index in [2.05, 4.69) is 0 Å². The van der Waals surface area contributed by atoms with E-state index in [0.29, 0.717) is 19.3 Å². The van der Waals surface area contributed by atoms with E-state index < -0.39 is 93.7 Å². The van der Waals surface area contributed by atoms with Gasteiger partial charge in [-0.05, 0) is 6.42 Å². The minimum Gasteiger partial charge on any atom is -0.232 e. The maximum Gasteiger partial charge on any atom is 0.365 e. The van der Waals surface area contributed by atoms with Crippen LogP contribution < -0.4 is 5.43 Å². The lowest BCUT2D eigenvalue weighted by molar-refractivity contribution is -1.10. The van der Waals surface area contributed by atoms with Crippen molar-refractivity contribution < 1.29 is 45.3 Å². The molecule has 0 atom stereocenters. The molecule has 0 heterocycles. The van der Waals surface area contributed by atoms with Crippen LogP contribution in [0.1, 0.15) is 32.6 Å². The molecule has 0 aromatic rings. The van der Waals surface area contributed by atoms with Gasteiger partial charge in [-0.25, -0.2) is 91.0 Å². The second-order valence-corrected chi connectivity index (χ2v) is 6.28. The molecule has 0 rings (SSSR count). The molecule has 0 aromatic carbocycles. The summed E-state index contributed by atoms with van der Waals surface area (Å²) in [6, 6.07) is 0. The van der Waals surface area contributed by atoms with Crippen molar-refractivity contribution in [3.63, 3.8) is 0 Å². The third-order valence-corrected chi connectivity index (χ3v) is 3.74. The van der Waals surface area contributed by atoms with Crippen molar-refractivity contribution in [1.29, 1.82) is 0 Å². The molecule has 36 heteroatoms. The van der Waals surface area contributed by atoms with E-state index in [0.717, 1.165) is 0 Å². The Morgan fingerprint density at radius 2 is 0.762 bits per heavy atom. The summed E-state index contributed by atoms with van der Waals surface area (Å²) in [4.78, 5) is 103. The summed E-state index contributed by atoms with van der Waals surface area (Å²) in [6.45, 7) is 1.07. The Kier molecular flexibility index (Phi) is 12.3. The minimum absolute atomic E-state index is 0.0489. The molecule has 0 aliphatic carbocycles. The van der Waals surface area contributed by atoms with E-state index in [1.165, 1.54) is 0 Å². The van der Waals surface area contributed by atoms with Gasteiger partial charge in [-0.2, -0.15) is 5.43 Å². The first-order chi connectivity index (χ1) is 19.3. The fourth-order valence-corrected chi connectivity index (χ4v) is 2.33. The Labute approximate surface area is 224 Å². The standard InChI is InChI=1S/C6H14N18O18/c1-2-3-4-5-6-7-8(16(25)26)9(17(27)28)10(18(29)30)11(19(31)32)12(20(33)34)13(21(35)36)14(22(37)38)15(23(39)40)24(41)42/h7H,2-6H2,1H3. The summed E-state index contributed by atoms with van der Waals surface area (Å²) in [5.74, 6) is 0. The number of nitrogens with zero attached hydrogens (tertiary/aromatic N) is 17. The van der Waals surface area contributed by atoms with E-state index in [-0.39, 0.29) is 6.42 Å². The van der Waals surface area contributed by atoms with E-state index >= 15 is 0 Å². The van der Waals surface area contributed by atoms with Gasteiger partial charge in [-0.3, -0.25) is 0 Å². The highest BCUT2D eigenvalue weighted by Crippen LogP contribution is 2.18. The third-order valence-electron chi connectivity index (χ3n) is 3.74. The number of hydrazine groups is 17. The van der Waals surface area contributed by atoms with Gasteiger partial charge < -0.3 is 0 Å². The molecule has 0 fully saturated rings. The summed E-state index contributed by atoms with van der Waals surface area (Å²) in [7, 11) is 0. The summed E-state index contributed by atoms with van der Waals surface area (Å²) in [5.41, 5.74) is 1.58. The number of nitrogens with one attached hydrogen (secondary N) is 1. The fraction of sp³-hybridized carbons (Fsp3) is 1.00. The SMILES string of the molecule is CCCCCCNN(N(N(N(N(N(N(N([N+](=O)[O-])[N+](=O)[O-])[N+](=O)[O-])[N+](=O)[O-])[N+](=O)[O-])[N+](=O)[O-])[N+](=O)[O-])[N+](=O)[O-])[N+](=O)[O-]. The number of rotatable bonds is 22. The van der Waals surface area contributed by atoms with Crippen LogP contribution in [0.3, 0.4) is 0 Å². The fourth-order valence-electron chi connectivity index (χ4n) is 2.33. The predicted molar refractivity (Wildman–Crippen MR) is 110 cm³/mol. The van der Waals surface area contributed by atoms with Gasteiger partial charge in [0, 0.05) is 6.54 Å². The lowest BCUT2D eigenvalue weighted by atomic mass is 10.2. The highest BCUT2D eigenvalue weighted by Gasteiger charge is 2.70. The molecule has 236 valence electrons. The van der Waals surface area contributed by atoms with Gasteiger partial charge >= 0.3 is 5.23 Å². The van der Waals surface area contributed by atoms with Crippen molar-refractivity contribution >= 4 is 0 Å². The Balaban J connectivity index is 7.40. The molecule has 0 saturated heterocycles. The molecule has 1 N–H and O–H groups in total. The first kappa shape index (κ1) is 35.0. The van der Waals surface area contributed by atoms with Gasteiger partial charge in [0.1, 0.15) is 5.23 Å². The van der Waals surface area contributed by atoms with Crippen LogP contribution in [-0.2, 0) is 0 Å². The molecular formula is C6H14N18O18. The van der Waals surface area contributed by atoms with Gasteiger partial charge in [0.2, 0.25) is 61.4 Å². The Bertz CT molecular complexity index is 1080. The molecule has 42 heavy (non-hydrogen) atoms. The van der Waals surface area contributed by atoms with E-state index in [9.17, 15) is 91.0 Å². The van der Waals surface area contributed by atoms with E-state index in [1.54, 1.807) is 12.3 Å². The number of hydrogen-bond donors (Lipinski definition) is 1. The van der Waals surface area contributed by atoms with Gasteiger partial charge in [0.25, 0.3) is 15.3 Å². The van der Waals surface area contributed by atoms with Gasteiger partial charge in [-0.1, -0.05) is 26.2 Å². The molecule has 0 aliphatic heterocycles. The molecule has 0 aliphatic rings. The summed E-state index contributed by atoms with van der Waals surface area (Å²) >= 11 is 0. The summed E-state index contributed by atoms with van der Waals surface area (Å²) in [5, 5.41) is 65.4. The maximum atomic E-state index is 11.7. The number of unbranched alkanes of at least 4 members (excludes halogenated alkanes) is 3. The van der Waals surface area contributed by atoms with Crippen LogP contribution in [-0.4, -0.2) is 93.7 Å². The molecule has 36 nitrogen and oxygen atoms in total. The van der Waals surface area contributed by atoms with Crippen molar-refractivity contribution in [1.82, 2.24) is 47.2 Å². The molecule has 0 aromatic heterocycles. The molecule has 0 radical (unpaired) electrons. The van der Waals surface area contributed by atoms with Crippen LogP contribution in [0.2, 0.25) is 0 Å². The summed E-state index contributed by atoms with van der Waals surface area (Å²) < 4.78 is 0.